The van der Waals surface area contributed by atoms with Crippen molar-refractivity contribution in [2.24, 2.45) is 0 Å². The van der Waals surface area contributed by atoms with Crippen LogP contribution in [0.15, 0.2) is 91.0 Å². The maximum atomic E-state index is 12.3. The Balaban J connectivity index is 1.40. The van der Waals surface area contributed by atoms with Gasteiger partial charge < -0.3 is 14.6 Å². The molecular weight excluding hydrogens is 520 g/mol. The molecule has 3 aromatic carbocycles. The van der Waals surface area contributed by atoms with E-state index in [0.717, 1.165) is 29.5 Å². The van der Waals surface area contributed by atoms with Crippen LogP contribution in [0.1, 0.15) is 114 Å². The monoisotopic (exact) mass is 572 g/mol. The molecule has 3 aromatic rings. The molecule has 0 radical (unpaired) electrons. The average molecular weight is 573 g/mol. The van der Waals surface area contributed by atoms with Gasteiger partial charge in [-0.1, -0.05) is 175 Å². The Labute approximate surface area is 254 Å². The molecule has 0 spiro atoms. The molecule has 0 saturated heterocycles. The van der Waals surface area contributed by atoms with Crippen LogP contribution >= 0.6 is 0 Å². The van der Waals surface area contributed by atoms with Gasteiger partial charge in [0.15, 0.2) is 0 Å². The van der Waals surface area contributed by atoms with E-state index in [0.29, 0.717) is 6.42 Å². The highest BCUT2D eigenvalue weighted by atomic mass is 16.6. The molecule has 42 heavy (non-hydrogen) atoms. The first kappa shape index (κ1) is 33.6. The van der Waals surface area contributed by atoms with Gasteiger partial charge >= 0.3 is 5.97 Å². The highest BCUT2D eigenvalue weighted by Gasteiger charge is 2.38. The lowest BCUT2D eigenvalue weighted by molar-refractivity contribution is -0.149. The molecular formula is C38H52O4. The largest absolute Gasteiger partial charge is 0.463 e. The van der Waals surface area contributed by atoms with Gasteiger partial charge in [-0.15, -0.1) is 0 Å². The summed E-state index contributed by atoms with van der Waals surface area (Å²) >= 11 is 0. The molecule has 0 heterocycles. The quantitative estimate of drug-likeness (QED) is 0.0740. The fourth-order valence-electron chi connectivity index (χ4n) is 5.59. The van der Waals surface area contributed by atoms with Gasteiger partial charge in [0.05, 0.1) is 6.61 Å². The first-order chi connectivity index (χ1) is 20.7. The molecule has 0 aliphatic rings. The summed E-state index contributed by atoms with van der Waals surface area (Å²) in [5.74, 6) is -0.252. The topological polar surface area (TPSA) is 55.8 Å². The van der Waals surface area contributed by atoms with E-state index < -0.39 is 11.7 Å². The third-order valence-corrected chi connectivity index (χ3v) is 7.95. The summed E-state index contributed by atoms with van der Waals surface area (Å²) in [5, 5.41) is 10.8. The van der Waals surface area contributed by atoms with Crippen LogP contribution in [-0.4, -0.2) is 30.4 Å². The number of carbonyl (C=O) groups excluding carboxylic acids is 1. The predicted molar refractivity (Wildman–Crippen MR) is 172 cm³/mol. The summed E-state index contributed by atoms with van der Waals surface area (Å²) in [7, 11) is 0. The van der Waals surface area contributed by atoms with Crippen molar-refractivity contribution < 1.29 is 19.4 Å². The maximum Gasteiger partial charge on any atom is 0.305 e. The van der Waals surface area contributed by atoms with E-state index in [1.54, 1.807) is 0 Å². The van der Waals surface area contributed by atoms with E-state index in [2.05, 4.69) is 6.92 Å². The number of esters is 1. The molecule has 228 valence electrons. The molecule has 4 nitrogen and oxygen atoms in total. The van der Waals surface area contributed by atoms with Crippen LogP contribution in [0.2, 0.25) is 0 Å². The van der Waals surface area contributed by atoms with Gasteiger partial charge in [-0.05, 0) is 23.1 Å². The second-order valence-corrected chi connectivity index (χ2v) is 11.4. The number of carbonyl (C=O) groups is 1. The smallest absolute Gasteiger partial charge is 0.305 e. The Hall–Kier alpha value is -2.95. The number of aliphatic hydroxyl groups is 1. The van der Waals surface area contributed by atoms with Crippen molar-refractivity contribution in [3.8, 4) is 0 Å². The molecule has 0 aliphatic heterocycles. The van der Waals surface area contributed by atoms with Crippen LogP contribution in [0.4, 0.5) is 0 Å². The minimum atomic E-state index is -0.934. The molecule has 0 amide bonds. The van der Waals surface area contributed by atoms with Crippen molar-refractivity contribution in [1.29, 1.82) is 0 Å². The summed E-state index contributed by atoms with van der Waals surface area (Å²) < 4.78 is 12.0. The van der Waals surface area contributed by atoms with Crippen molar-refractivity contribution in [3.05, 3.63) is 108 Å². The van der Waals surface area contributed by atoms with Crippen molar-refractivity contribution in [2.75, 3.05) is 13.2 Å². The van der Waals surface area contributed by atoms with Crippen LogP contribution < -0.4 is 0 Å². The second kappa shape index (κ2) is 20.0. The van der Waals surface area contributed by atoms with Gasteiger partial charge in [0, 0.05) is 6.42 Å². The van der Waals surface area contributed by atoms with Crippen LogP contribution in [0.3, 0.4) is 0 Å². The zero-order chi connectivity index (χ0) is 29.7. The highest BCUT2D eigenvalue weighted by Crippen LogP contribution is 2.40. The molecule has 0 saturated carbocycles. The van der Waals surface area contributed by atoms with E-state index in [1.807, 2.05) is 91.0 Å². The van der Waals surface area contributed by atoms with Crippen molar-refractivity contribution in [3.63, 3.8) is 0 Å². The first-order valence-corrected chi connectivity index (χ1v) is 16.3. The summed E-state index contributed by atoms with van der Waals surface area (Å²) in [5.41, 5.74) is 1.99. The maximum absolute atomic E-state index is 12.3. The molecule has 1 atom stereocenters. The number of aliphatic hydroxyl groups excluding tert-OH is 1. The van der Waals surface area contributed by atoms with Crippen molar-refractivity contribution in [1.82, 2.24) is 0 Å². The number of ether oxygens (including phenoxy) is 2. The summed E-state index contributed by atoms with van der Waals surface area (Å²) in [4.78, 5) is 12.3. The summed E-state index contributed by atoms with van der Waals surface area (Å²) in [6.45, 7) is 2.20. The number of hydrogen-bond donors (Lipinski definition) is 1. The van der Waals surface area contributed by atoms with Gasteiger partial charge in [0.2, 0.25) is 0 Å². The Kier molecular flexibility index (Phi) is 16.0. The zero-order valence-electron chi connectivity index (χ0n) is 25.7. The molecule has 1 N–H and O–H groups in total. The molecule has 3 rings (SSSR count). The van der Waals surface area contributed by atoms with E-state index in [-0.39, 0.29) is 19.2 Å². The van der Waals surface area contributed by atoms with Crippen molar-refractivity contribution >= 4 is 5.97 Å². The van der Waals surface area contributed by atoms with Crippen molar-refractivity contribution in [2.45, 2.75) is 109 Å². The van der Waals surface area contributed by atoms with Gasteiger partial charge in [-0.2, -0.15) is 0 Å². The Morgan fingerprint density at radius 3 is 1.38 bits per heavy atom. The van der Waals surface area contributed by atoms with Crippen LogP contribution in [0.25, 0.3) is 0 Å². The van der Waals surface area contributed by atoms with Gasteiger partial charge in [0.25, 0.3) is 0 Å². The normalized spacial score (nSPS) is 12.2. The zero-order valence-corrected chi connectivity index (χ0v) is 25.7. The highest BCUT2D eigenvalue weighted by molar-refractivity contribution is 5.69. The van der Waals surface area contributed by atoms with E-state index in [9.17, 15) is 9.90 Å². The first-order valence-electron chi connectivity index (χ1n) is 16.3. The minimum absolute atomic E-state index is 0.0186. The summed E-state index contributed by atoms with van der Waals surface area (Å²) in [6.07, 6.45) is 16.0. The second-order valence-electron chi connectivity index (χ2n) is 11.4. The standard InChI is InChI=1S/C38H52O4/c1-2-3-4-5-6-7-8-9-10-11-12-13-23-30-37(40)41-31-36(39)32-42-38(33-24-17-14-18-25-33,34-26-19-15-20-27-34)35-28-21-16-22-29-35/h14-22,24-29,36,39H,2-13,23,30-32H2,1H3/t36-/m1/s1. The lowest BCUT2D eigenvalue weighted by Crippen LogP contribution is -2.37. The Bertz CT molecular complexity index is 987. The SMILES string of the molecule is CCCCCCCCCCCCCCCC(=O)OC[C@@H](O)COC(c1ccccc1)(c1ccccc1)c1ccccc1. The third-order valence-electron chi connectivity index (χ3n) is 7.95. The minimum Gasteiger partial charge on any atom is -0.463 e. The molecule has 0 unspecified atom stereocenters. The van der Waals surface area contributed by atoms with Crippen LogP contribution in [-0.2, 0) is 19.9 Å². The van der Waals surface area contributed by atoms with E-state index in [4.69, 9.17) is 9.47 Å². The van der Waals surface area contributed by atoms with Crippen LogP contribution in [0.5, 0.6) is 0 Å². The molecule has 0 aromatic heterocycles. The Morgan fingerprint density at radius 2 is 0.976 bits per heavy atom. The van der Waals surface area contributed by atoms with Gasteiger partial charge in [-0.25, -0.2) is 0 Å². The van der Waals surface area contributed by atoms with Crippen LogP contribution in [0, 0.1) is 0 Å². The predicted octanol–water partition coefficient (Wildman–Crippen LogP) is 9.38. The lowest BCUT2D eigenvalue weighted by Gasteiger charge is -2.36. The summed E-state index contributed by atoms with van der Waals surface area (Å²) in [6, 6.07) is 30.2. The number of hydrogen-bond acceptors (Lipinski definition) is 4. The number of benzene rings is 3. The van der Waals surface area contributed by atoms with E-state index in [1.165, 1.54) is 70.6 Å². The molecule has 0 fully saturated rings. The molecule has 0 aliphatic carbocycles. The number of rotatable bonds is 22. The van der Waals surface area contributed by atoms with Gasteiger partial charge in [0.1, 0.15) is 18.3 Å². The fourth-order valence-corrected chi connectivity index (χ4v) is 5.59. The average Bonchev–Trinajstić information content (AvgIpc) is 3.04. The third kappa shape index (κ3) is 11.4. The molecule has 0 bridgehead atoms. The van der Waals surface area contributed by atoms with E-state index >= 15 is 0 Å². The lowest BCUT2D eigenvalue weighted by atomic mass is 9.80. The fraction of sp³-hybridized carbons (Fsp3) is 0.500. The van der Waals surface area contributed by atoms with Gasteiger partial charge in [-0.3, -0.25) is 4.79 Å². The number of unbranched alkanes of at least 4 members (excludes halogenated alkanes) is 12. The molecule has 4 heteroatoms. The Morgan fingerprint density at radius 1 is 0.595 bits per heavy atom.